The second-order valence-corrected chi connectivity index (χ2v) is 7.18. The third-order valence-corrected chi connectivity index (χ3v) is 4.94. The van der Waals surface area contributed by atoms with Crippen LogP contribution in [0.5, 0.6) is 0 Å². The number of hydrogen-bond donors (Lipinski definition) is 3. The van der Waals surface area contributed by atoms with Gasteiger partial charge in [-0.1, -0.05) is 24.3 Å². The van der Waals surface area contributed by atoms with Crippen LogP contribution < -0.4 is 10.6 Å². The number of fused-ring (bicyclic) bond motifs is 1. The summed E-state index contributed by atoms with van der Waals surface area (Å²) < 4.78 is 24.5. The highest BCUT2D eigenvalue weighted by Crippen LogP contribution is 2.19. The minimum absolute atomic E-state index is 0.222. The average Bonchev–Trinajstić information content (AvgIpc) is 3.18. The molecule has 0 bridgehead atoms. The lowest BCUT2D eigenvalue weighted by Gasteiger charge is -2.12. The summed E-state index contributed by atoms with van der Waals surface area (Å²) in [6.45, 7) is 5.81. The number of nitrogens with zero attached hydrogens (tertiary/aromatic N) is 1. The van der Waals surface area contributed by atoms with E-state index in [9.17, 15) is 4.39 Å². The van der Waals surface area contributed by atoms with E-state index in [-0.39, 0.29) is 5.82 Å². The molecule has 6 nitrogen and oxygen atoms in total. The van der Waals surface area contributed by atoms with Crippen molar-refractivity contribution in [3.8, 4) is 0 Å². The van der Waals surface area contributed by atoms with Gasteiger partial charge in [0.2, 0.25) is 0 Å². The van der Waals surface area contributed by atoms with Crippen molar-refractivity contribution in [3.05, 3.63) is 71.2 Å². The van der Waals surface area contributed by atoms with Gasteiger partial charge in [0.05, 0.1) is 19.8 Å². The monoisotopic (exact) mass is 426 g/mol. The van der Waals surface area contributed by atoms with Gasteiger partial charge >= 0.3 is 0 Å². The van der Waals surface area contributed by atoms with E-state index in [4.69, 9.17) is 9.47 Å². The first kappa shape index (κ1) is 22.8. The van der Waals surface area contributed by atoms with Crippen LogP contribution in [0.3, 0.4) is 0 Å². The number of rotatable bonds is 11. The average molecular weight is 427 g/mol. The molecular formula is C24H31FN4O2. The van der Waals surface area contributed by atoms with Crippen molar-refractivity contribution < 1.29 is 13.9 Å². The first-order valence-corrected chi connectivity index (χ1v) is 10.6. The Hall–Kier alpha value is -2.90. The summed E-state index contributed by atoms with van der Waals surface area (Å²) in [5, 5.41) is 7.57. The number of ether oxygens (including phenoxy) is 2. The molecule has 0 atom stereocenters. The van der Waals surface area contributed by atoms with Crippen molar-refractivity contribution in [3.63, 3.8) is 0 Å². The highest BCUT2D eigenvalue weighted by atomic mass is 19.1. The van der Waals surface area contributed by atoms with Gasteiger partial charge in [-0.2, -0.15) is 0 Å². The number of aromatic amines is 1. The largest absolute Gasteiger partial charge is 0.379 e. The number of halogens is 1. The van der Waals surface area contributed by atoms with Crippen LogP contribution >= 0.6 is 0 Å². The lowest BCUT2D eigenvalue weighted by atomic mass is 10.1. The van der Waals surface area contributed by atoms with E-state index >= 15 is 0 Å². The van der Waals surface area contributed by atoms with Gasteiger partial charge in [-0.15, -0.1) is 0 Å². The van der Waals surface area contributed by atoms with Gasteiger partial charge in [-0.3, -0.25) is 4.99 Å². The molecule has 0 aliphatic rings. The van der Waals surface area contributed by atoms with E-state index in [1.165, 1.54) is 6.07 Å². The van der Waals surface area contributed by atoms with Crippen molar-refractivity contribution in [1.82, 2.24) is 15.6 Å². The Kier molecular flexibility index (Phi) is 8.87. The zero-order valence-corrected chi connectivity index (χ0v) is 18.2. The minimum Gasteiger partial charge on any atom is -0.379 e. The molecule has 3 rings (SSSR count). The van der Waals surface area contributed by atoms with Crippen molar-refractivity contribution in [2.45, 2.75) is 26.5 Å². The third-order valence-electron chi connectivity index (χ3n) is 4.94. The summed E-state index contributed by atoms with van der Waals surface area (Å²) in [5.74, 6) is 0.505. The van der Waals surface area contributed by atoms with E-state index in [0.29, 0.717) is 39.5 Å². The van der Waals surface area contributed by atoms with E-state index in [2.05, 4.69) is 38.8 Å². The fourth-order valence-corrected chi connectivity index (χ4v) is 3.36. The summed E-state index contributed by atoms with van der Waals surface area (Å²) in [6, 6.07) is 13.1. The van der Waals surface area contributed by atoms with Crippen LogP contribution in [0, 0.1) is 5.82 Å². The van der Waals surface area contributed by atoms with Crippen molar-refractivity contribution in [2.24, 2.45) is 4.99 Å². The van der Waals surface area contributed by atoms with Crippen LogP contribution in [0.25, 0.3) is 10.9 Å². The number of nitrogens with one attached hydrogen (secondary N) is 3. The van der Waals surface area contributed by atoms with Crippen LogP contribution in [0.2, 0.25) is 0 Å². The molecule has 2 aromatic carbocycles. The molecule has 1 aromatic heterocycles. The predicted octanol–water partition coefficient (Wildman–Crippen LogP) is 3.77. The van der Waals surface area contributed by atoms with Crippen LogP contribution in [-0.2, 0) is 29.0 Å². The predicted molar refractivity (Wildman–Crippen MR) is 123 cm³/mol. The Morgan fingerprint density at radius 2 is 1.90 bits per heavy atom. The summed E-state index contributed by atoms with van der Waals surface area (Å²) in [7, 11) is 1.75. The molecule has 0 amide bonds. The first-order valence-electron chi connectivity index (χ1n) is 10.6. The molecule has 0 unspecified atom stereocenters. The second-order valence-electron chi connectivity index (χ2n) is 7.18. The lowest BCUT2D eigenvalue weighted by molar-refractivity contribution is 0.0453. The Labute approximate surface area is 182 Å². The summed E-state index contributed by atoms with van der Waals surface area (Å²) in [4.78, 5) is 7.47. The highest BCUT2D eigenvalue weighted by molar-refractivity contribution is 5.83. The second kappa shape index (κ2) is 12.1. The molecule has 0 saturated heterocycles. The fraction of sp³-hybridized carbons (Fsp3) is 0.375. The topological polar surface area (TPSA) is 70.7 Å². The fourth-order valence-electron chi connectivity index (χ4n) is 3.36. The Balaban J connectivity index is 1.44. The molecule has 0 saturated carbocycles. The number of hydrogen-bond acceptors (Lipinski definition) is 3. The molecule has 31 heavy (non-hydrogen) atoms. The summed E-state index contributed by atoms with van der Waals surface area (Å²) >= 11 is 0. The Morgan fingerprint density at radius 1 is 1.06 bits per heavy atom. The molecule has 0 aliphatic heterocycles. The number of aliphatic imine (C=N–C) groups is 1. The summed E-state index contributed by atoms with van der Waals surface area (Å²) in [5.41, 5.74) is 4.31. The van der Waals surface area contributed by atoms with Crippen LogP contribution in [-0.4, -0.2) is 44.4 Å². The smallest absolute Gasteiger partial charge is 0.191 e. The molecule has 3 aromatic rings. The summed E-state index contributed by atoms with van der Waals surface area (Å²) in [6.07, 6.45) is 2.70. The van der Waals surface area contributed by atoms with Crippen molar-refractivity contribution in [1.29, 1.82) is 0 Å². The van der Waals surface area contributed by atoms with Crippen molar-refractivity contribution >= 4 is 16.9 Å². The Bertz CT molecular complexity index is 987. The zero-order valence-electron chi connectivity index (χ0n) is 18.2. The molecule has 0 aliphatic carbocycles. The van der Waals surface area contributed by atoms with E-state index in [1.807, 2.05) is 19.2 Å². The van der Waals surface area contributed by atoms with Crippen LogP contribution in [0.1, 0.15) is 23.6 Å². The van der Waals surface area contributed by atoms with E-state index in [0.717, 1.165) is 40.0 Å². The molecule has 1 heterocycles. The van der Waals surface area contributed by atoms with Crippen LogP contribution in [0.4, 0.5) is 4.39 Å². The molecule has 166 valence electrons. The van der Waals surface area contributed by atoms with E-state index in [1.54, 1.807) is 19.2 Å². The third kappa shape index (κ3) is 7.08. The van der Waals surface area contributed by atoms with Gasteiger partial charge in [0.1, 0.15) is 5.82 Å². The van der Waals surface area contributed by atoms with Gasteiger partial charge in [0.15, 0.2) is 5.96 Å². The van der Waals surface area contributed by atoms with Crippen molar-refractivity contribution in [2.75, 3.05) is 33.4 Å². The number of H-pyrrole nitrogens is 1. The van der Waals surface area contributed by atoms with Gasteiger partial charge in [0.25, 0.3) is 0 Å². The van der Waals surface area contributed by atoms with Gasteiger partial charge in [0, 0.05) is 43.8 Å². The molecule has 3 N–H and O–H groups in total. The lowest BCUT2D eigenvalue weighted by Crippen LogP contribution is -2.37. The Morgan fingerprint density at radius 3 is 2.74 bits per heavy atom. The van der Waals surface area contributed by atoms with Gasteiger partial charge < -0.3 is 25.1 Å². The maximum Gasteiger partial charge on any atom is 0.191 e. The molecule has 0 spiro atoms. The number of guanidine groups is 1. The van der Waals surface area contributed by atoms with E-state index < -0.39 is 0 Å². The maximum absolute atomic E-state index is 13.5. The molecular weight excluding hydrogens is 395 g/mol. The zero-order chi connectivity index (χ0) is 21.9. The highest BCUT2D eigenvalue weighted by Gasteiger charge is 2.06. The SMILES string of the molecule is CCOCCOCc1cccc(CNC(=NC)NCCc2c[nH]c3ccc(F)cc23)c1. The van der Waals surface area contributed by atoms with Gasteiger partial charge in [-0.05, 0) is 48.2 Å². The quantitative estimate of drug-likeness (QED) is 0.248. The molecule has 7 heteroatoms. The normalized spacial score (nSPS) is 11.8. The maximum atomic E-state index is 13.5. The number of benzene rings is 2. The minimum atomic E-state index is -0.222. The molecule has 0 fully saturated rings. The number of aromatic nitrogens is 1. The standard InChI is InChI=1S/C24H31FN4O2/c1-3-30-11-12-31-17-19-6-4-5-18(13-19)15-29-24(26-2)27-10-9-20-16-28-23-8-7-21(25)14-22(20)23/h4-8,13-14,16,28H,3,9-12,15,17H2,1-2H3,(H2,26,27,29). The van der Waals surface area contributed by atoms with Gasteiger partial charge in [-0.25, -0.2) is 4.39 Å². The van der Waals surface area contributed by atoms with Crippen LogP contribution in [0.15, 0.2) is 53.7 Å². The first-order chi connectivity index (χ1) is 15.2. The molecule has 0 radical (unpaired) electrons.